The van der Waals surface area contributed by atoms with E-state index in [2.05, 4.69) is 48.4 Å². The Hall–Kier alpha value is -1.68. The SMILES string of the molecule is CCc1ccc(-c2nnc(CCNC(C)C)o2)cc1. The summed E-state index contributed by atoms with van der Waals surface area (Å²) in [7, 11) is 0. The normalized spacial score (nSPS) is 11.2. The molecule has 0 amide bonds. The van der Waals surface area contributed by atoms with Crippen molar-refractivity contribution in [2.45, 2.75) is 39.7 Å². The molecule has 4 nitrogen and oxygen atoms in total. The minimum Gasteiger partial charge on any atom is -0.421 e. The van der Waals surface area contributed by atoms with Crippen molar-refractivity contribution in [1.82, 2.24) is 15.5 Å². The van der Waals surface area contributed by atoms with Gasteiger partial charge in [-0.25, -0.2) is 0 Å². The Bertz CT molecular complexity index is 502. The van der Waals surface area contributed by atoms with Crippen LogP contribution in [0.2, 0.25) is 0 Å². The third-order valence-electron chi connectivity index (χ3n) is 2.97. The van der Waals surface area contributed by atoms with Gasteiger partial charge in [0.15, 0.2) is 0 Å². The maximum atomic E-state index is 5.66. The summed E-state index contributed by atoms with van der Waals surface area (Å²) in [6.07, 6.45) is 1.80. The second kappa shape index (κ2) is 6.48. The molecule has 1 N–H and O–H groups in total. The monoisotopic (exact) mass is 259 g/mol. The molecule has 0 fully saturated rings. The zero-order valence-electron chi connectivity index (χ0n) is 11.8. The molecule has 0 aliphatic rings. The van der Waals surface area contributed by atoms with E-state index < -0.39 is 0 Å². The number of nitrogens with zero attached hydrogens (tertiary/aromatic N) is 2. The molecule has 2 aromatic rings. The van der Waals surface area contributed by atoms with Gasteiger partial charge < -0.3 is 9.73 Å². The van der Waals surface area contributed by atoms with E-state index in [-0.39, 0.29) is 0 Å². The van der Waals surface area contributed by atoms with Gasteiger partial charge in [-0.3, -0.25) is 0 Å². The van der Waals surface area contributed by atoms with Crippen LogP contribution in [0, 0.1) is 0 Å². The summed E-state index contributed by atoms with van der Waals surface area (Å²) in [4.78, 5) is 0. The predicted octanol–water partition coefficient (Wildman–Crippen LogP) is 2.84. The average Bonchev–Trinajstić information content (AvgIpc) is 2.87. The summed E-state index contributed by atoms with van der Waals surface area (Å²) in [6.45, 7) is 7.23. The molecule has 0 spiro atoms. The fourth-order valence-corrected chi connectivity index (χ4v) is 1.82. The molecule has 0 atom stereocenters. The van der Waals surface area contributed by atoms with Gasteiger partial charge in [0.1, 0.15) is 0 Å². The van der Waals surface area contributed by atoms with E-state index in [4.69, 9.17) is 4.42 Å². The van der Waals surface area contributed by atoms with Crippen LogP contribution < -0.4 is 5.32 Å². The molecule has 2 rings (SSSR count). The number of aryl methyl sites for hydroxylation is 1. The van der Waals surface area contributed by atoms with E-state index in [9.17, 15) is 0 Å². The topological polar surface area (TPSA) is 51.0 Å². The maximum Gasteiger partial charge on any atom is 0.247 e. The molecule has 0 aliphatic carbocycles. The zero-order valence-corrected chi connectivity index (χ0v) is 11.8. The molecule has 102 valence electrons. The third kappa shape index (κ3) is 3.89. The first-order valence-corrected chi connectivity index (χ1v) is 6.84. The minimum absolute atomic E-state index is 0.476. The average molecular weight is 259 g/mol. The molecule has 4 heteroatoms. The van der Waals surface area contributed by atoms with Crippen molar-refractivity contribution in [2.75, 3.05) is 6.54 Å². The molecule has 1 heterocycles. The van der Waals surface area contributed by atoms with Gasteiger partial charge in [-0.15, -0.1) is 10.2 Å². The summed E-state index contributed by atoms with van der Waals surface area (Å²) >= 11 is 0. The fraction of sp³-hybridized carbons (Fsp3) is 0.467. The van der Waals surface area contributed by atoms with Crippen LogP contribution in [0.1, 0.15) is 32.2 Å². The molecule has 0 unspecified atom stereocenters. The van der Waals surface area contributed by atoms with Gasteiger partial charge in [-0.1, -0.05) is 32.9 Å². The van der Waals surface area contributed by atoms with Crippen LogP contribution >= 0.6 is 0 Å². The maximum absolute atomic E-state index is 5.66. The summed E-state index contributed by atoms with van der Waals surface area (Å²) in [5.41, 5.74) is 2.29. The number of hydrogen-bond acceptors (Lipinski definition) is 4. The third-order valence-corrected chi connectivity index (χ3v) is 2.97. The van der Waals surface area contributed by atoms with Crippen LogP contribution in [0.15, 0.2) is 28.7 Å². The summed E-state index contributed by atoms with van der Waals surface area (Å²) in [6, 6.07) is 8.73. The lowest BCUT2D eigenvalue weighted by Crippen LogP contribution is -2.25. The van der Waals surface area contributed by atoms with Gasteiger partial charge in [-0.05, 0) is 24.1 Å². The number of aromatic nitrogens is 2. The van der Waals surface area contributed by atoms with Crippen LogP contribution in [-0.2, 0) is 12.8 Å². The van der Waals surface area contributed by atoms with Gasteiger partial charge in [-0.2, -0.15) is 0 Å². The van der Waals surface area contributed by atoms with Crippen molar-refractivity contribution in [2.24, 2.45) is 0 Å². The zero-order chi connectivity index (χ0) is 13.7. The summed E-state index contributed by atoms with van der Waals surface area (Å²) in [5.74, 6) is 1.28. The quantitative estimate of drug-likeness (QED) is 0.866. The Morgan fingerprint density at radius 1 is 1.16 bits per heavy atom. The Morgan fingerprint density at radius 3 is 2.53 bits per heavy atom. The van der Waals surface area contributed by atoms with Crippen LogP contribution in [0.4, 0.5) is 0 Å². The van der Waals surface area contributed by atoms with Crippen LogP contribution in [-0.4, -0.2) is 22.8 Å². The molecule has 19 heavy (non-hydrogen) atoms. The highest BCUT2D eigenvalue weighted by Crippen LogP contribution is 2.18. The number of benzene rings is 1. The highest BCUT2D eigenvalue weighted by Gasteiger charge is 2.08. The molecule has 0 aliphatic heterocycles. The molecule has 1 aromatic carbocycles. The predicted molar refractivity (Wildman–Crippen MR) is 76.0 cm³/mol. The van der Waals surface area contributed by atoms with Crippen molar-refractivity contribution < 1.29 is 4.42 Å². The number of nitrogens with one attached hydrogen (secondary N) is 1. The van der Waals surface area contributed by atoms with Gasteiger partial charge >= 0.3 is 0 Å². The molecule has 0 radical (unpaired) electrons. The second-order valence-corrected chi connectivity index (χ2v) is 4.91. The Kier molecular flexibility index (Phi) is 4.68. The van der Waals surface area contributed by atoms with Gasteiger partial charge in [0, 0.05) is 24.6 Å². The second-order valence-electron chi connectivity index (χ2n) is 4.91. The molecular formula is C15H21N3O. The van der Waals surface area contributed by atoms with E-state index in [1.807, 2.05) is 12.1 Å². The lowest BCUT2D eigenvalue weighted by molar-refractivity contribution is 0.484. The molecule has 1 aromatic heterocycles. The number of rotatable bonds is 6. The fourth-order valence-electron chi connectivity index (χ4n) is 1.82. The summed E-state index contributed by atoms with van der Waals surface area (Å²) < 4.78 is 5.66. The smallest absolute Gasteiger partial charge is 0.247 e. The molecule has 0 saturated carbocycles. The first kappa shape index (κ1) is 13.7. The van der Waals surface area contributed by atoms with Gasteiger partial charge in [0.05, 0.1) is 0 Å². The van der Waals surface area contributed by atoms with E-state index >= 15 is 0 Å². The first-order valence-electron chi connectivity index (χ1n) is 6.84. The van der Waals surface area contributed by atoms with E-state index in [1.165, 1.54) is 5.56 Å². The van der Waals surface area contributed by atoms with Crippen LogP contribution in [0.3, 0.4) is 0 Å². The Morgan fingerprint density at radius 2 is 1.89 bits per heavy atom. The Balaban J connectivity index is 1.99. The minimum atomic E-state index is 0.476. The highest BCUT2D eigenvalue weighted by atomic mass is 16.4. The van der Waals surface area contributed by atoms with Crippen LogP contribution in [0.5, 0.6) is 0 Å². The van der Waals surface area contributed by atoms with Crippen molar-refractivity contribution in [3.63, 3.8) is 0 Å². The highest BCUT2D eigenvalue weighted by molar-refractivity contribution is 5.52. The standard InChI is InChI=1S/C15H21N3O/c1-4-12-5-7-13(8-6-12)15-18-17-14(19-15)9-10-16-11(2)3/h5-8,11,16H,4,9-10H2,1-3H3. The van der Waals surface area contributed by atoms with Crippen molar-refractivity contribution in [1.29, 1.82) is 0 Å². The van der Waals surface area contributed by atoms with E-state index in [0.29, 0.717) is 17.8 Å². The molecule has 0 saturated heterocycles. The van der Waals surface area contributed by atoms with E-state index in [0.717, 1.165) is 24.9 Å². The molecular weight excluding hydrogens is 238 g/mol. The molecule has 0 bridgehead atoms. The van der Waals surface area contributed by atoms with Crippen molar-refractivity contribution in [3.05, 3.63) is 35.7 Å². The number of hydrogen-bond donors (Lipinski definition) is 1. The van der Waals surface area contributed by atoms with Crippen LogP contribution in [0.25, 0.3) is 11.5 Å². The Labute approximate surface area is 114 Å². The lowest BCUT2D eigenvalue weighted by Gasteiger charge is -2.04. The largest absolute Gasteiger partial charge is 0.421 e. The first-order chi connectivity index (χ1) is 9.19. The van der Waals surface area contributed by atoms with Gasteiger partial charge in [0.2, 0.25) is 11.8 Å². The summed E-state index contributed by atoms with van der Waals surface area (Å²) in [5, 5.41) is 11.5. The van der Waals surface area contributed by atoms with Crippen molar-refractivity contribution >= 4 is 0 Å². The van der Waals surface area contributed by atoms with E-state index in [1.54, 1.807) is 0 Å². The lowest BCUT2D eigenvalue weighted by atomic mass is 10.1. The van der Waals surface area contributed by atoms with Crippen molar-refractivity contribution in [3.8, 4) is 11.5 Å². The van der Waals surface area contributed by atoms with Gasteiger partial charge in [0.25, 0.3) is 0 Å².